The normalized spacial score (nSPS) is 38.5. The molecule has 4 amide bonds. The molecule has 0 aromatic carbocycles. The largest absolute Gasteiger partial charge is 0.479 e. The smallest absolute Gasteiger partial charge is 0.335 e. The van der Waals surface area contributed by atoms with E-state index in [9.17, 15) is 54.3 Å². The number of aliphatic hydroxyl groups excluding tert-OH is 3. The van der Waals surface area contributed by atoms with Crippen molar-refractivity contribution in [3.8, 4) is 0 Å². The first kappa shape index (κ1) is 40.2. The van der Waals surface area contributed by atoms with E-state index in [1.165, 1.54) is 6.92 Å². The van der Waals surface area contributed by atoms with Gasteiger partial charge in [0.2, 0.25) is 23.6 Å². The van der Waals surface area contributed by atoms with E-state index in [1.807, 2.05) is 0 Å². The zero-order valence-corrected chi connectivity index (χ0v) is 27.5. The van der Waals surface area contributed by atoms with Crippen LogP contribution in [0.4, 0.5) is 0 Å². The quantitative estimate of drug-likeness (QED) is 0.0697. The summed E-state index contributed by atoms with van der Waals surface area (Å²) >= 11 is 0. The number of nitrogens with one attached hydrogen (secondary N) is 4. The van der Waals surface area contributed by atoms with Crippen LogP contribution in [0.15, 0.2) is 4.99 Å². The molecule has 3 saturated heterocycles. The molecule has 3 heterocycles. The van der Waals surface area contributed by atoms with Gasteiger partial charge in [-0.3, -0.25) is 19.2 Å². The number of rotatable bonds is 11. The van der Waals surface area contributed by atoms with Gasteiger partial charge in [0.05, 0.1) is 12.1 Å². The van der Waals surface area contributed by atoms with Gasteiger partial charge in [-0.05, 0) is 6.92 Å². The number of aliphatic hydroxyl groups is 3. The summed E-state index contributed by atoms with van der Waals surface area (Å²) in [6.07, 6.45) is -17.9. The lowest BCUT2D eigenvalue weighted by molar-refractivity contribution is -0.325. The van der Waals surface area contributed by atoms with E-state index in [1.54, 1.807) is 0 Å². The lowest BCUT2D eigenvalue weighted by atomic mass is 9.91. The van der Waals surface area contributed by atoms with Crippen LogP contribution in [0.1, 0.15) is 34.6 Å². The lowest BCUT2D eigenvalue weighted by Gasteiger charge is -2.50. The Labute approximate surface area is 283 Å². The van der Waals surface area contributed by atoms with Crippen molar-refractivity contribution in [1.82, 2.24) is 21.3 Å². The molecule has 3 aliphatic heterocycles. The summed E-state index contributed by atoms with van der Waals surface area (Å²) in [5, 5.41) is 62.1. The molecule has 50 heavy (non-hydrogen) atoms. The molecule has 13 N–H and O–H groups in total. The number of aliphatic carboxylic acids is 2. The Hall–Kier alpha value is -4.23. The predicted molar refractivity (Wildman–Crippen MR) is 161 cm³/mol. The molecule has 1 unspecified atom stereocenters. The Morgan fingerprint density at radius 2 is 1.06 bits per heavy atom. The van der Waals surface area contributed by atoms with E-state index in [0.717, 1.165) is 27.7 Å². The van der Waals surface area contributed by atoms with Crippen molar-refractivity contribution in [3.05, 3.63) is 0 Å². The van der Waals surface area contributed by atoms with Crippen molar-refractivity contribution in [2.45, 2.75) is 126 Å². The van der Waals surface area contributed by atoms with Gasteiger partial charge in [-0.25, -0.2) is 14.6 Å². The zero-order chi connectivity index (χ0) is 37.8. The first-order chi connectivity index (χ1) is 23.2. The van der Waals surface area contributed by atoms with Gasteiger partial charge in [0.25, 0.3) is 0 Å². The number of carboxylic acid groups (broad SMARTS) is 2. The molecule has 23 heteroatoms. The number of nitrogens with two attached hydrogens (primary N) is 2. The maximum absolute atomic E-state index is 12.7. The van der Waals surface area contributed by atoms with Crippen LogP contribution < -0.4 is 32.7 Å². The van der Waals surface area contributed by atoms with E-state index in [2.05, 4.69) is 26.3 Å². The highest BCUT2D eigenvalue weighted by Crippen LogP contribution is 2.33. The maximum atomic E-state index is 12.7. The maximum Gasteiger partial charge on any atom is 0.335 e. The molecule has 3 rings (SSSR count). The van der Waals surface area contributed by atoms with Crippen LogP contribution in [-0.2, 0) is 52.5 Å². The molecule has 0 aromatic heterocycles. The van der Waals surface area contributed by atoms with E-state index in [-0.39, 0.29) is 0 Å². The molecular weight excluding hydrogens is 678 g/mol. The van der Waals surface area contributed by atoms with Gasteiger partial charge in [0.1, 0.15) is 48.6 Å². The molecule has 23 nitrogen and oxygen atoms in total. The van der Waals surface area contributed by atoms with E-state index >= 15 is 0 Å². The van der Waals surface area contributed by atoms with Gasteiger partial charge in [-0.1, -0.05) is 0 Å². The molecule has 15 atom stereocenters. The Bertz CT molecular complexity index is 1330. The summed E-state index contributed by atoms with van der Waals surface area (Å²) in [6, 6.07) is -7.87. The Morgan fingerprint density at radius 1 is 0.620 bits per heavy atom. The van der Waals surface area contributed by atoms with Crippen LogP contribution in [-0.4, -0.2) is 159 Å². The third-order valence-electron chi connectivity index (χ3n) is 7.90. The summed E-state index contributed by atoms with van der Waals surface area (Å²) < 4.78 is 28.5. The minimum absolute atomic E-state index is 0.632. The fourth-order valence-electron chi connectivity index (χ4n) is 5.93. The van der Waals surface area contributed by atoms with Crippen molar-refractivity contribution >= 4 is 41.5 Å². The van der Waals surface area contributed by atoms with Crippen LogP contribution in [0, 0.1) is 0 Å². The predicted octanol–water partition coefficient (Wildman–Crippen LogP) is -6.50. The molecule has 0 bridgehead atoms. The highest BCUT2D eigenvalue weighted by molar-refractivity contribution is 5.78. The molecular formula is C27H43N7O16. The van der Waals surface area contributed by atoms with E-state index in [0.29, 0.717) is 0 Å². The molecule has 0 aromatic rings. The third kappa shape index (κ3) is 9.51. The van der Waals surface area contributed by atoms with E-state index in [4.69, 9.17) is 35.2 Å². The Kier molecular flexibility index (Phi) is 13.4. The minimum atomic E-state index is -2.15. The number of nitrogens with zero attached hydrogens (tertiary/aromatic N) is 1. The Balaban J connectivity index is 2.14. The summed E-state index contributed by atoms with van der Waals surface area (Å²) in [7, 11) is 0. The van der Waals surface area contributed by atoms with Gasteiger partial charge in [-0.2, -0.15) is 0 Å². The van der Waals surface area contributed by atoms with Crippen LogP contribution >= 0.6 is 0 Å². The van der Waals surface area contributed by atoms with Crippen molar-refractivity contribution in [1.29, 1.82) is 0 Å². The van der Waals surface area contributed by atoms with E-state index < -0.39 is 133 Å². The number of amides is 4. The Morgan fingerprint density at radius 3 is 1.56 bits per heavy atom. The number of carbonyl (C=O) groups is 6. The number of ether oxygens (including phenoxy) is 5. The number of hydrogen-bond acceptors (Lipinski definition) is 15. The van der Waals surface area contributed by atoms with Crippen molar-refractivity contribution in [3.63, 3.8) is 0 Å². The number of guanidine groups is 1. The molecule has 3 aliphatic rings. The SMILES string of the molecule is CC(=O)N[C@@H]1[C@H](O[C@H]2[C@H](NC(C)=O)[C@H](NC(C)=O)[C@H](O[C@H]3[C@@H](O)[C@@H](C)OC(O)[C@@H]3NC(C)=O)O[C@@H]2C(=O)O)O[C@@H](C(=O)O)[C@@H](O)[C@@H]1N=C(N)N. The number of hydrogen-bond donors (Lipinski definition) is 11. The molecule has 0 saturated carbocycles. The summed E-state index contributed by atoms with van der Waals surface area (Å²) in [5.74, 6) is -7.09. The number of carboxylic acids is 2. The first-order valence-corrected chi connectivity index (χ1v) is 15.2. The van der Waals surface area contributed by atoms with Crippen LogP contribution in [0.3, 0.4) is 0 Å². The van der Waals surface area contributed by atoms with Gasteiger partial charge >= 0.3 is 11.9 Å². The van der Waals surface area contributed by atoms with Crippen LogP contribution in [0.25, 0.3) is 0 Å². The number of aliphatic imine (C=N–C) groups is 1. The third-order valence-corrected chi connectivity index (χ3v) is 7.90. The average molecular weight is 722 g/mol. The molecule has 0 aliphatic carbocycles. The monoisotopic (exact) mass is 721 g/mol. The molecule has 3 fully saturated rings. The molecule has 0 spiro atoms. The highest BCUT2D eigenvalue weighted by atomic mass is 16.7. The number of carbonyl (C=O) groups excluding carboxylic acids is 4. The summed E-state index contributed by atoms with van der Waals surface area (Å²) in [4.78, 5) is 77.8. The van der Waals surface area contributed by atoms with Crippen LogP contribution in [0.5, 0.6) is 0 Å². The van der Waals surface area contributed by atoms with Crippen molar-refractivity contribution in [2.24, 2.45) is 16.5 Å². The zero-order valence-electron chi connectivity index (χ0n) is 27.5. The summed E-state index contributed by atoms with van der Waals surface area (Å²) in [6.45, 7) is 5.63. The van der Waals surface area contributed by atoms with Crippen LogP contribution in [0.2, 0.25) is 0 Å². The fourth-order valence-corrected chi connectivity index (χ4v) is 5.93. The fraction of sp³-hybridized carbons (Fsp3) is 0.741. The van der Waals surface area contributed by atoms with Gasteiger partial charge in [0, 0.05) is 27.7 Å². The molecule has 0 radical (unpaired) electrons. The molecule has 282 valence electrons. The minimum Gasteiger partial charge on any atom is -0.479 e. The standard InChI is InChI=1S/C27H43N7O16/c1-6-16(39)18(15(24(45)46-6)33-10(5)38)47-26-14(32-9(4)37)12(30-7(2)35)19(21(50-26)23(43)44)48-25-13(31-8(3)36)11(34-27(28)29)17(40)20(49-25)22(41)42/h6,11-21,24-26,39-40,45H,1-5H3,(H,30,35)(H,31,36)(H,32,37)(H,33,38)(H,41,42)(H,43,44)(H4,28,29,34)/t6-,11-,12-,13+,14+,15-,16+,17+,18-,19+,20-,21+,24?,25-,26-/m1/s1. The summed E-state index contributed by atoms with van der Waals surface area (Å²) in [5.41, 5.74) is 11.0. The van der Waals surface area contributed by atoms with Gasteiger partial charge in [0.15, 0.2) is 37.0 Å². The highest BCUT2D eigenvalue weighted by Gasteiger charge is 2.57. The second kappa shape index (κ2) is 16.7. The topological polar surface area (TPSA) is 362 Å². The second-order valence-corrected chi connectivity index (χ2v) is 11.9. The second-order valence-electron chi connectivity index (χ2n) is 11.9. The first-order valence-electron chi connectivity index (χ1n) is 15.2. The van der Waals surface area contributed by atoms with Gasteiger partial charge < -0.3 is 82.0 Å². The van der Waals surface area contributed by atoms with Crippen molar-refractivity contribution in [2.75, 3.05) is 0 Å². The van der Waals surface area contributed by atoms with Crippen molar-refractivity contribution < 1.29 is 78.0 Å². The van der Waals surface area contributed by atoms with Gasteiger partial charge in [-0.15, -0.1) is 0 Å². The lowest BCUT2D eigenvalue weighted by Crippen LogP contribution is -2.74. The average Bonchev–Trinajstić information content (AvgIpc) is 2.97.